The van der Waals surface area contributed by atoms with E-state index in [1.807, 2.05) is 6.07 Å². The first-order valence-electron chi connectivity index (χ1n) is 14.0. The predicted octanol–water partition coefficient (Wildman–Crippen LogP) is 2.16. The lowest BCUT2D eigenvalue weighted by atomic mass is 9.98. The van der Waals surface area contributed by atoms with Crippen molar-refractivity contribution in [3.05, 3.63) is 0 Å². The third-order valence-electron chi connectivity index (χ3n) is 5.59. The molecule has 1 unspecified atom stereocenters. The minimum Gasteiger partial charge on any atom is -0.444 e. The zero-order valence-corrected chi connectivity index (χ0v) is 26.0. The first-order chi connectivity index (χ1) is 18.8. The van der Waals surface area contributed by atoms with Gasteiger partial charge in [-0.3, -0.25) is 14.4 Å². The number of amides is 5. The van der Waals surface area contributed by atoms with E-state index in [0.29, 0.717) is 13.0 Å². The van der Waals surface area contributed by atoms with Gasteiger partial charge >= 0.3 is 12.2 Å². The Morgan fingerprint density at radius 3 is 2.12 bits per heavy atom. The van der Waals surface area contributed by atoms with Crippen molar-refractivity contribution < 1.29 is 33.4 Å². The van der Waals surface area contributed by atoms with Crippen LogP contribution in [0.3, 0.4) is 0 Å². The summed E-state index contributed by atoms with van der Waals surface area (Å²) in [6.45, 7) is 16.7. The van der Waals surface area contributed by atoms with E-state index in [-0.39, 0.29) is 32.0 Å². The van der Waals surface area contributed by atoms with Gasteiger partial charge in [0.25, 0.3) is 0 Å². The Hall–Kier alpha value is -3.56. The van der Waals surface area contributed by atoms with Crippen LogP contribution in [0.2, 0.25) is 0 Å². The van der Waals surface area contributed by atoms with Gasteiger partial charge in [-0.1, -0.05) is 20.8 Å². The average molecular weight is 581 g/mol. The van der Waals surface area contributed by atoms with Gasteiger partial charge in [-0.05, 0) is 60.3 Å². The van der Waals surface area contributed by atoms with Crippen molar-refractivity contribution in [3.8, 4) is 6.07 Å². The molecule has 13 nitrogen and oxygen atoms in total. The zero-order valence-electron chi connectivity index (χ0n) is 26.0. The topological polar surface area (TPSA) is 170 Å². The summed E-state index contributed by atoms with van der Waals surface area (Å²) in [6, 6.07) is -0.103. The summed E-state index contributed by atoms with van der Waals surface area (Å²) in [5.74, 6) is -0.944. The molecule has 0 aromatic heterocycles. The van der Waals surface area contributed by atoms with Crippen molar-refractivity contribution in [2.45, 2.75) is 98.4 Å². The molecule has 0 aromatic carbocycles. The van der Waals surface area contributed by atoms with Crippen LogP contribution >= 0.6 is 0 Å². The summed E-state index contributed by atoms with van der Waals surface area (Å²) in [5, 5.41) is 17.3. The van der Waals surface area contributed by atoms with Crippen molar-refractivity contribution in [1.82, 2.24) is 25.8 Å². The Morgan fingerprint density at radius 2 is 1.63 bits per heavy atom. The quantitative estimate of drug-likeness (QED) is 0.429. The minimum absolute atomic E-state index is 0.00835. The fourth-order valence-corrected chi connectivity index (χ4v) is 3.93. The van der Waals surface area contributed by atoms with Gasteiger partial charge in [0.2, 0.25) is 17.7 Å². The molecule has 0 aromatic rings. The van der Waals surface area contributed by atoms with E-state index < -0.39 is 59.7 Å². The highest BCUT2D eigenvalue weighted by atomic mass is 16.6. The zero-order chi connectivity index (χ0) is 31.5. The maximum Gasteiger partial charge on any atom is 0.410 e. The van der Waals surface area contributed by atoms with E-state index in [2.05, 4.69) is 36.7 Å². The average Bonchev–Trinajstić information content (AvgIpc) is 3.23. The maximum absolute atomic E-state index is 13.3. The molecule has 5 amide bonds. The third kappa shape index (κ3) is 13.6. The van der Waals surface area contributed by atoms with Gasteiger partial charge in [0, 0.05) is 25.6 Å². The number of ether oxygens (including phenoxy) is 2. The molecular formula is C28H48N6O7. The second-order valence-electron chi connectivity index (χ2n) is 12.8. The lowest BCUT2D eigenvalue weighted by Gasteiger charge is -2.41. The highest BCUT2D eigenvalue weighted by Crippen LogP contribution is 2.18. The Kier molecular flexibility index (Phi) is 13.4. The van der Waals surface area contributed by atoms with Crippen LogP contribution in [-0.2, 0) is 23.9 Å². The van der Waals surface area contributed by atoms with Crippen LogP contribution in [0.1, 0.15) is 75.2 Å². The van der Waals surface area contributed by atoms with E-state index in [1.54, 1.807) is 41.5 Å². The number of rotatable bonds is 6. The van der Waals surface area contributed by atoms with Crippen molar-refractivity contribution in [3.63, 3.8) is 0 Å². The van der Waals surface area contributed by atoms with E-state index >= 15 is 0 Å². The number of carbonyl (C=O) groups is 5. The van der Waals surface area contributed by atoms with Gasteiger partial charge in [-0.2, -0.15) is 5.26 Å². The molecule has 0 spiro atoms. The number of hydrogen-bond donors (Lipinski definition) is 3. The fraction of sp³-hybridized carbons (Fsp3) is 0.786. The van der Waals surface area contributed by atoms with Gasteiger partial charge in [-0.15, -0.1) is 0 Å². The molecule has 0 radical (unpaired) electrons. The van der Waals surface area contributed by atoms with Crippen LogP contribution in [-0.4, -0.2) is 95.7 Å². The first-order valence-corrected chi connectivity index (χ1v) is 14.0. The largest absolute Gasteiger partial charge is 0.444 e. The van der Waals surface area contributed by atoms with Crippen LogP contribution in [0.15, 0.2) is 0 Å². The number of piperazine rings is 1. The van der Waals surface area contributed by atoms with Crippen LogP contribution < -0.4 is 16.0 Å². The molecule has 13 heteroatoms. The molecule has 3 atom stereocenters. The van der Waals surface area contributed by atoms with E-state index in [4.69, 9.17) is 9.47 Å². The molecule has 41 heavy (non-hydrogen) atoms. The van der Waals surface area contributed by atoms with Crippen molar-refractivity contribution in [1.29, 1.82) is 5.26 Å². The van der Waals surface area contributed by atoms with Crippen LogP contribution in [0.5, 0.6) is 0 Å². The Labute approximate surface area is 243 Å². The lowest BCUT2D eigenvalue weighted by Crippen LogP contribution is -2.63. The highest BCUT2D eigenvalue weighted by Gasteiger charge is 2.39. The number of hydrogen-bond acceptors (Lipinski definition) is 8. The summed E-state index contributed by atoms with van der Waals surface area (Å²) in [6.07, 6.45) is -0.730. The Bertz CT molecular complexity index is 977. The second kappa shape index (κ2) is 15.4. The lowest BCUT2D eigenvalue weighted by molar-refractivity contribution is -0.143. The molecule has 0 saturated carbocycles. The number of nitrogens with one attached hydrogen (secondary N) is 3. The van der Waals surface area contributed by atoms with E-state index in [0.717, 1.165) is 5.92 Å². The molecule has 0 bridgehead atoms. The van der Waals surface area contributed by atoms with E-state index in [1.165, 1.54) is 9.80 Å². The van der Waals surface area contributed by atoms with E-state index in [9.17, 15) is 29.2 Å². The Morgan fingerprint density at radius 1 is 1.05 bits per heavy atom. The van der Waals surface area contributed by atoms with Crippen molar-refractivity contribution in [2.75, 3.05) is 32.7 Å². The van der Waals surface area contributed by atoms with Crippen molar-refractivity contribution >= 4 is 29.9 Å². The number of nitrogens with zero attached hydrogens (tertiary/aromatic N) is 3. The predicted molar refractivity (Wildman–Crippen MR) is 151 cm³/mol. The smallest absolute Gasteiger partial charge is 0.410 e. The monoisotopic (exact) mass is 580 g/mol. The van der Waals surface area contributed by atoms with Gasteiger partial charge in [0.05, 0.1) is 12.6 Å². The Balaban J connectivity index is 0.00000196. The fourth-order valence-electron chi connectivity index (χ4n) is 3.93. The molecular weight excluding hydrogens is 532 g/mol. The normalized spacial score (nSPS) is 19.7. The number of nitriles is 1. The molecule has 2 fully saturated rings. The van der Waals surface area contributed by atoms with Gasteiger partial charge < -0.3 is 35.2 Å². The van der Waals surface area contributed by atoms with Crippen molar-refractivity contribution in [2.24, 2.45) is 11.8 Å². The van der Waals surface area contributed by atoms with Crippen LogP contribution in [0, 0.1) is 23.2 Å². The molecule has 0 aliphatic carbocycles. The summed E-state index contributed by atoms with van der Waals surface area (Å²) in [7, 11) is 0. The molecule has 2 rings (SSSR count). The SMILES string of the molecule is CC(C)(C)OC(=O)NCC(=O)N1CCN(C(=O)OC(C)(C)C)C[C@H]1C(=O)NC(C#N)C[C@H]1CCNC1=O.CC(C)C. The van der Waals surface area contributed by atoms with Gasteiger partial charge in [0.15, 0.2) is 0 Å². The summed E-state index contributed by atoms with van der Waals surface area (Å²) < 4.78 is 10.6. The van der Waals surface area contributed by atoms with Gasteiger partial charge in [0.1, 0.15) is 29.8 Å². The highest BCUT2D eigenvalue weighted by molar-refractivity contribution is 5.91. The molecule has 2 aliphatic rings. The minimum atomic E-state index is -1.14. The standard InChI is InChI=1S/C24H38N6O7.C4H10/c1-23(2,3)36-21(34)27-13-18(31)30-10-9-29(22(35)37-24(4,5)6)14-17(30)20(33)28-16(12-25)11-15-7-8-26-19(15)32;1-4(2)3/h15-17H,7-11,13-14H2,1-6H3,(H,26,32)(H,27,34)(H,28,33);4H,1-3H3/t15-,16?,17+;/m1./s1. The summed E-state index contributed by atoms with van der Waals surface area (Å²) >= 11 is 0. The first kappa shape index (κ1) is 35.5. The second-order valence-corrected chi connectivity index (χ2v) is 12.8. The third-order valence-corrected chi connectivity index (χ3v) is 5.59. The number of carbonyl (C=O) groups excluding carboxylic acids is 5. The molecule has 2 saturated heterocycles. The van der Waals surface area contributed by atoms with Crippen LogP contribution in [0.25, 0.3) is 0 Å². The summed E-state index contributed by atoms with van der Waals surface area (Å²) in [4.78, 5) is 65.4. The maximum atomic E-state index is 13.3. The van der Waals surface area contributed by atoms with Crippen LogP contribution in [0.4, 0.5) is 9.59 Å². The molecule has 3 N–H and O–H groups in total. The summed E-state index contributed by atoms with van der Waals surface area (Å²) in [5.41, 5.74) is -1.51. The molecule has 2 aliphatic heterocycles. The molecule has 232 valence electrons. The van der Waals surface area contributed by atoms with Gasteiger partial charge in [-0.25, -0.2) is 9.59 Å². The number of alkyl carbamates (subject to hydrolysis) is 1. The molecule has 2 heterocycles.